The Morgan fingerprint density at radius 3 is 2.61 bits per heavy atom. The third kappa shape index (κ3) is 3.28. The van der Waals surface area contributed by atoms with E-state index in [0.717, 1.165) is 6.21 Å². The number of carbonyl (C=O) groups excluding carboxylic acids is 1. The van der Waals surface area contributed by atoms with Crippen LogP contribution >= 0.6 is 0 Å². The van der Waals surface area contributed by atoms with Crippen molar-refractivity contribution in [2.45, 2.75) is 13.3 Å². The standard InChI is InChI=1S/C16H15FN2O4/c1-9-12(7-8-18-22)15(20)19-14(13(9)16(21)23-2)10-3-5-11(17)6-4-10/h3-6,8,22H,7H2,1-2H3,(H,19,20)/b18-8+. The Kier molecular flexibility index (Phi) is 4.90. The van der Waals surface area contributed by atoms with Crippen LogP contribution in [0.1, 0.15) is 21.5 Å². The average Bonchev–Trinajstić information content (AvgIpc) is 2.54. The monoisotopic (exact) mass is 318 g/mol. The van der Waals surface area contributed by atoms with Crippen LogP contribution in [0.2, 0.25) is 0 Å². The fourth-order valence-corrected chi connectivity index (χ4v) is 2.33. The Balaban J connectivity index is 2.73. The summed E-state index contributed by atoms with van der Waals surface area (Å²) in [5.74, 6) is -1.05. The molecule has 0 saturated heterocycles. The van der Waals surface area contributed by atoms with Gasteiger partial charge in [-0.15, -0.1) is 5.16 Å². The van der Waals surface area contributed by atoms with E-state index in [1.807, 2.05) is 0 Å². The molecule has 0 saturated carbocycles. The molecule has 0 aliphatic heterocycles. The number of hydrogen-bond acceptors (Lipinski definition) is 5. The average molecular weight is 318 g/mol. The maximum absolute atomic E-state index is 13.1. The smallest absolute Gasteiger partial charge is 0.340 e. The first-order chi connectivity index (χ1) is 11.0. The molecule has 0 fully saturated rings. The number of methoxy groups -OCH3 is 1. The number of nitrogens with one attached hydrogen (secondary N) is 1. The van der Waals surface area contributed by atoms with Gasteiger partial charge in [0.15, 0.2) is 0 Å². The SMILES string of the molecule is COC(=O)c1c(-c2ccc(F)cc2)[nH]c(=O)c(C/C=N/O)c1C. The van der Waals surface area contributed by atoms with Crippen LogP contribution in [0.4, 0.5) is 4.39 Å². The minimum absolute atomic E-state index is 0.0609. The van der Waals surface area contributed by atoms with E-state index < -0.39 is 17.3 Å². The number of carbonyl (C=O) groups is 1. The molecule has 0 aliphatic rings. The van der Waals surface area contributed by atoms with Crippen molar-refractivity contribution in [1.82, 2.24) is 4.98 Å². The van der Waals surface area contributed by atoms with Gasteiger partial charge in [0, 0.05) is 18.2 Å². The van der Waals surface area contributed by atoms with E-state index in [0.29, 0.717) is 11.1 Å². The van der Waals surface area contributed by atoms with Gasteiger partial charge >= 0.3 is 5.97 Å². The molecule has 2 aromatic rings. The lowest BCUT2D eigenvalue weighted by Crippen LogP contribution is -2.21. The van der Waals surface area contributed by atoms with Gasteiger partial charge in [-0.05, 0) is 42.3 Å². The van der Waals surface area contributed by atoms with E-state index in [1.54, 1.807) is 6.92 Å². The van der Waals surface area contributed by atoms with Crippen LogP contribution in [0.15, 0.2) is 34.2 Å². The van der Waals surface area contributed by atoms with Crippen molar-refractivity contribution in [2.75, 3.05) is 7.11 Å². The van der Waals surface area contributed by atoms with Crippen molar-refractivity contribution in [3.63, 3.8) is 0 Å². The second-order valence-corrected chi connectivity index (χ2v) is 4.81. The minimum atomic E-state index is -0.625. The Morgan fingerprint density at radius 1 is 1.39 bits per heavy atom. The maximum atomic E-state index is 13.1. The zero-order valence-corrected chi connectivity index (χ0v) is 12.6. The van der Waals surface area contributed by atoms with Gasteiger partial charge in [0.25, 0.3) is 5.56 Å². The number of oxime groups is 1. The Bertz CT molecular complexity index is 810. The lowest BCUT2D eigenvalue weighted by atomic mass is 9.97. The predicted octanol–water partition coefficient (Wildman–Crippen LogP) is 2.28. The highest BCUT2D eigenvalue weighted by Crippen LogP contribution is 2.25. The predicted molar refractivity (Wildman–Crippen MR) is 82.5 cm³/mol. The Morgan fingerprint density at radius 2 is 2.04 bits per heavy atom. The fourth-order valence-electron chi connectivity index (χ4n) is 2.33. The molecule has 2 rings (SSSR count). The van der Waals surface area contributed by atoms with E-state index in [1.165, 1.54) is 31.4 Å². The summed E-state index contributed by atoms with van der Waals surface area (Å²) in [7, 11) is 1.23. The van der Waals surface area contributed by atoms with E-state index in [-0.39, 0.29) is 23.2 Å². The van der Waals surface area contributed by atoms with Crippen LogP contribution in [0, 0.1) is 12.7 Å². The van der Waals surface area contributed by atoms with Gasteiger partial charge in [-0.1, -0.05) is 0 Å². The van der Waals surface area contributed by atoms with Crippen LogP contribution in [-0.4, -0.2) is 29.5 Å². The first kappa shape index (κ1) is 16.4. The van der Waals surface area contributed by atoms with Gasteiger partial charge in [-0.25, -0.2) is 9.18 Å². The van der Waals surface area contributed by atoms with Gasteiger partial charge in [0.1, 0.15) is 5.82 Å². The van der Waals surface area contributed by atoms with Crippen molar-refractivity contribution in [1.29, 1.82) is 0 Å². The van der Waals surface area contributed by atoms with Gasteiger partial charge in [0.05, 0.1) is 18.4 Å². The number of benzene rings is 1. The Hall–Kier alpha value is -2.96. The molecule has 0 atom stereocenters. The second-order valence-electron chi connectivity index (χ2n) is 4.81. The molecule has 120 valence electrons. The van der Waals surface area contributed by atoms with E-state index >= 15 is 0 Å². The number of halogens is 1. The summed E-state index contributed by atoms with van der Waals surface area (Å²) in [4.78, 5) is 27.0. The number of H-pyrrole nitrogens is 1. The first-order valence-electron chi connectivity index (χ1n) is 6.75. The number of ether oxygens (including phenoxy) is 1. The molecular weight excluding hydrogens is 303 g/mol. The number of nitrogens with zero attached hydrogens (tertiary/aromatic N) is 1. The molecule has 23 heavy (non-hydrogen) atoms. The molecule has 0 bridgehead atoms. The molecule has 0 radical (unpaired) electrons. The zero-order valence-electron chi connectivity index (χ0n) is 12.6. The fraction of sp³-hybridized carbons (Fsp3) is 0.188. The van der Waals surface area contributed by atoms with Crippen LogP contribution in [0.3, 0.4) is 0 Å². The number of rotatable bonds is 4. The molecule has 0 spiro atoms. The summed E-state index contributed by atoms with van der Waals surface area (Å²) in [5.41, 5.74) is 1.20. The van der Waals surface area contributed by atoms with E-state index in [4.69, 9.17) is 9.94 Å². The van der Waals surface area contributed by atoms with Crippen LogP contribution in [0.25, 0.3) is 11.3 Å². The summed E-state index contributed by atoms with van der Waals surface area (Å²) in [6.45, 7) is 1.61. The van der Waals surface area contributed by atoms with Crippen LogP contribution in [-0.2, 0) is 11.2 Å². The van der Waals surface area contributed by atoms with Gasteiger partial charge in [-0.3, -0.25) is 4.79 Å². The number of aromatic amines is 1. The van der Waals surface area contributed by atoms with Crippen molar-refractivity contribution < 1.29 is 19.1 Å². The summed E-state index contributed by atoms with van der Waals surface area (Å²) in [6, 6.07) is 5.38. The normalized spacial score (nSPS) is 10.9. The minimum Gasteiger partial charge on any atom is -0.465 e. The number of esters is 1. The van der Waals surface area contributed by atoms with Crippen LogP contribution in [0.5, 0.6) is 0 Å². The molecule has 1 heterocycles. The van der Waals surface area contributed by atoms with E-state index in [9.17, 15) is 14.0 Å². The van der Waals surface area contributed by atoms with Gasteiger partial charge < -0.3 is 14.9 Å². The Labute approximate surface area is 131 Å². The van der Waals surface area contributed by atoms with Gasteiger partial charge in [0.2, 0.25) is 0 Å². The third-order valence-corrected chi connectivity index (χ3v) is 3.49. The number of pyridine rings is 1. The highest BCUT2D eigenvalue weighted by Gasteiger charge is 2.21. The highest BCUT2D eigenvalue weighted by atomic mass is 19.1. The summed E-state index contributed by atoms with van der Waals surface area (Å²) >= 11 is 0. The maximum Gasteiger partial charge on any atom is 0.340 e. The van der Waals surface area contributed by atoms with Crippen LogP contribution < -0.4 is 5.56 Å². The van der Waals surface area contributed by atoms with E-state index in [2.05, 4.69) is 10.1 Å². The summed E-state index contributed by atoms with van der Waals surface area (Å²) in [5, 5.41) is 11.4. The molecule has 7 heteroatoms. The highest BCUT2D eigenvalue weighted by molar-refractivity contribution is 5.98. The summed E-state index contributed by atoms with van der Waals surface area (Å²) in [6.07, 6.45) is 1.21. The van der Waals surface area contributed by atoms with Crippen molar-refractivity contribution >= 4 is 12.2 Å². The molecule has 0 amide bonds. The molecule has 1 aromatic heterocycles. The largest absolute Gasteiger partial charge is 0.465 e. The van der Waals surface area contributed by atoms with Gasteiger partial charge in [-0.2, -0.15) is 0 Å². The molecule has 6 nitrogen and oxygen atoms in total. The molecular formula is C16H15FN2O4. The number of hydrogen-bond donors (Lipinski definition) is 2. The molecule has 2 N–H and O–H groups in total. The quantitative estimate of drug-likeness (QED) is 0.391. The van der Waals surface area contributed by atoms with Crippen molar-refractivity contribution in [3.8, 4) is 11.3 Å². The first-order valence-corrected chi connectivity index (χ1v) is 6.75. The zero-order chi connectivity index (χ0) is 17.0. The van der Waals surface area contributed by atoms with Crippen molar-refractivity contribution in [2.24, 2.45) is 5.16 Å². The number of aromatic nitrogens is 1. The van der Waals surface area contributed by atoms with Crippen molar-refractivity contribution in [3.05, 3.63) is 57.1 Å². The third-order valence-electron chi connectivity index (χ3n) is 3.49. The lowest BCUT2D eigenvalue weighted by molar-refractivity contribution is 0.0600. The molecule has 0 aliphatic carbocycles. The second kappa shape index (κ2) is 6.87. The molecule has 1 aromatic carbocycles. The summed E-state index contributed by atoms with van der Waals surface area (Å²) < 4.78 is 17.9. The lowest BCUT2D eigenvalue weighted by Gasteiger charge is -2.13. The molecule has 0 unspecified atom stereocenters. The topological polar surface area (TPSA) is 91.8 Å².